The summed E-state index contributed by atoms with van der Waals surface area (Å²) in [6, 6.07) is 13.5. The number of amides is 1. The summed E-state index contributed by atoms with van der Waals surface area (Å²) in [5.41, 5.74) is 2.92. The van der Waals surface area contributed by atoms with Crippen molar-refractivity contribution in [2.45, 2.75) is 32.9 Å². The Labute approximate surface area is 199 Å². The summed E-state index contributed by atoms with van der Waals surface area (Å²) in [5.74, 6) is 6.85. The minimum Gasteiger partial charge on any atom is -0.369 e. The first-order valence-corrected chi connectivity index (χ1v) is 11.2. The van der Waals surface area contributed by atoms with Gasteiger partial charge in [-0.2, -0.15) is 4.98 Å². The van der Waals surface area contributed by atoms with Crippen LogP contribution in [0.1, 0.15) is 37.0 Å². The fourth-order valence-corrected chi connectivity index (χ4v) is 3.00. The molecule has 3 rings (SSSR count). The summed E-state index contributed by atoms with van der Waals surface area (Å²) in [7, 11) is 1.74. The van der Waals surface area contributed by atoms with E-state index in [1.165, 1.54) is 12.1 Å². The quantitative estimate of drug-likeness (QED) is 0.363. The third-order valence-electron chi connectivity index (χ3n) is 5.04. The molecular weight excluding hydrogens is 431 g/mol. The van der Waals surface area contributed by atoms with Crippen LogP contribution in [-0.2, 0) is 11.3 Å². The maximum absolute atomic E-state index is 13.5. The lowest BCUT2D eigenvalue weighted by molar-refractivity contribution is -0.122. The molecule has 0 aliphatic rings. The molecule has 0 spiro atoms. The summed E-state index contributed by atoms with van der Waals surface area (Å²) >= 11 is 0. The Bertz CT molecular complexity index is 1190. The average Bonchev–Trinajstić information content (AvgIpc) is 2.85. The minimum atomic E-state index is -0.341. The van der Waals surface area contributed by atoms with Crippen LogP contribution in [0.3, 0.4) is 0 Å². The summed E-state index contributed by atoms with van der Waals surface area (Å²) in [6.45, 7) is 4.96. The first-order valence-electron chi connectivity index (χ1n) is 11.2. The topological polar surface area (TPSA) is 91.0 Å². The number of carbonyl (C=O) groups excluding carboxylic acids is 1. The molecule has 8 heteroatoms. The van der Waals surface area contributed by atoms with Crippen molar-refractivity contribution in [1.29, 1.82) is 0 Å². The fourth-order valence-electron chi connectivity index (χ4n) is 3.00. The van der Waals surface area contributed by atoms with Crippen molar-refractivity contribution in [2.75, 3.05) is 24.2 Å². The highest BCUT2D eigenvalue weighted by Crippen LogP contribution is 2.18. The number of aromatic nitrogens is 2. The second kappa shape index (κ2) is 12.3. The van der Waals surface area contributed by atoms with Crippen molar-refractivity contribution in [3.8, 4) is 11.8 Å². The highest BCUT2D eigenvalue weighted by atomic mass is 19.1. The molecule has 34 heavy (non-hydrogen) atoms. The van der Waals surface area contributed by atoms with Gasteiger partial charge < -0.3 is 21.3 Å². The van der Waals surface area contributed by atoms with Crippen LogP contribution in [0.4, 0.5) is 21.8 Å². The van der Waals surface area contributed by atoms with Crippen LogP contribution in [0.25, 0.3) is 0 Å². The molecule has 176 valence electrons. The number of hydrogen-bond donors (Lipinski definition) is 4. The molecule has 4 N–H and O–H groups in total. The maximum atomic E-state index is 13.5. The SMILES string of the molecule is CCCNc1nc(Nc2cccc(F)c2)ncc1C#Cc1ccccc1CNC(=O)[C@H](C)NC. The predicted molar refractivity (Wildman–Crippen MR) is 133 cm³/mol. The number of rotatable bonds is 9. The van der Waals surface area contributed by atoms with Crippen molar-refractivity contribution >= 4 is 23.4 Å². The van der Waals surface area contributed by atoms with Crippen molar-refractivity contribution in [3.63, 3.8) is 0 Å². The van der Waals surface area contributed by atoms with Gasteiger partial charge in [-0.3, -0.25) is 4.79 Å². The van der Waals surface area contributed by atoms with Gasteiger partial charge in [0.1, 0.15) is 11.6 Å². The van der Waals surface area contributed by atoms with Crippen LogP contribution in [0.15, 0.2) is 54.7 Å². The van der Waals surface area contributed by atoms with E-state index >= 15 is 0 Å². The van der Waals surface area contributed by atoms with Crippen LogP contribution < -0.4 is 21.3 Å². The number of likely N-dealkylation sites (N-methyl/N-ethyl adjacent to an activating group) is 1. The van der Waals surface area contributed by atoms with E-state index in [4.69, 9.17) is 0 Å². The number of nitrogens with one attached hydrogen (secondary N) is 4. The first kappa shape index (κ1) is 24.7. The van der Waals surface area contributed by atoms with E-state index in [1.807, 2.05) is 24.3 Å². The number of carbonyl (C=O) groups is 1. The highest BCUT2D eigenvalue weighted by molar-refractivity contribution is 5.81. The van der Waals surface area contributed by atoms with Crippen molar-refractivity contribution in [1.82, 2.24) is 20.6 Å². The number of halogens is 1. The molecular formula is C26H29FN6O. The number of anilines is 3. The summed E-state index contributed by atoms with van der Waals surface area (Å²) in [5, 5.41) is 12.1. The monoisotopic (exact) mass is 460 g/mol. The Hall–Kier alpha value is -3.96. The third-order valence-corrected chi connectivity index (χ3v) is 5.04. The van der Waals surface area contributed by atoms with Gasteiger partial charge in [-0.15, -0.1) is 0 Å². The molecule has 1 heterocycles. The summed E-state index contributed by atoms with van der Waals surface area (Å²) in [4.78, 5) is 21.0. The smallest absolute Gasteiger partial charge is 0.237 e. The lowest BCUT2D eigenvalue weighted by Gasteiger charge is -2.12. The van der Waals surface area contributed by atoms with Gasteiger partial charge in [-0.1, -0.05) is 43.0 Å². The van der Waals surface area contributed by atoms with Crippen LogP contribution >= 0.6 is 0 Å². The molecule has 2 aromatic carbocycles. The van der Waals surface area contributed by atoms with Gasteiger partial charge in [0.25, 0.3) is 0 Å². The lowest BCUT2D eigenvalue weighted by atomic mass is 10.1. The molecule has 0 aliphatic heterocycles. The van der Waals surface area contributed by atoms with E-state index < -0.39 is 0 Å². The molecule has 0 radical (unpaired) electrons. The Morgan fingerprint density at radius 3 is 2.68 bits per heavy atom. The molecule has 0 saturated heterocycles. The second-order valence-electron chi connectivity index (χ2n) is 7.65. The van der Waals surface area contributed by atoms with Crippen molar-refractivity contribution in [3.05, 3.63) is 77.2 Å². The molecule has 0 fully saturated rings. The Kier molecular flexibility index (Phi) is 8.95. The average molecular weight is 461 g/mol. The number of hydrogen-bond acceptors (Lipinski definition) is 6. The van der Waals surface area contributed by atoms with Gasteiger partial charge in [-0.05, 0) is 50.2 Å². The van der Waals surface area contributed by atoms with E-state index in [1.54, 1.807) is 32.3 Å². The van der Waals surface area contributed by atoms with Gasteiger partial charge in [-0.25, -0.2) is 9.37 Å². The fraction of sp³-hybridized carbons (Fsp3) is 0.269. The van der Waals surface area contributed by atoms with E-state index in [2.05, 4.69) is 50.0 Å². The Morgan fingerprint density at radius 1 is 1.12 bits per heavy atom. The zero-order valence-corrected chi connectivity index (χ0v) is 19.6. The minimum absolute atomic E-state index is 0.0777. The van der Waals surface area contributed by atoms with Gasteiger partial charge >= 0.3 is 0 Å². The van der Waals surface area contributed by atoms with Crippen LogP contribution in [0.2, 0.25) is 0 Å². The maximum Gasteiger partial charge on any atom is 0.237 e. The predicted octanol–water partition coefficient (Wildman–Crippen LogP) is 3.81. The largest absolute Gasteiger partial charge is 0.369 e. The normalized spacial score (nSPS) is 11.2. The molecule has 1 amide bonds. The van der Waals surface area contributed by atoms with Crippen LogP contribution in [0, 0.1) is 17.7 Å². The zero-order chi connectivity index (χ0) is 24.3. The lowest BCUT2D eigenvalue weighted by Crippen LogP contribution is -2.40. The molecule has 1 atom stereocenters. The van der Waals surface area contributed by atoms with Crippen molar-refractivity contribution in [2.24, 2.45) is 0 Å². The van der Waals surface area contributed by atoms with Gasteiger partial charge in [0.05, 0.1) is 17.8 Å². The van der Waals surface area contributed by atoms with Crippen molar-refractivity contribution < 1.29 is 9.18 Å². The highest BCUT2D eigenvalue weighted by Gasteiger charge is 2.10. The molecule has 7 nitrogen and oxygen atoms in total. The van der Waals surface area contributed by atoms with Gasteiger partial charge in [0.15, 0.2) is 0 Å². The molecule has 0 unspecified atom stereocenters. The number of nitrogens with zero attached hydrogens (tertiary/aromatic N) is 2. The van der Waals surface area contributed by atoms with E-state index in [-0.39, 0.29) is 17.8 Å². The molecule has 0 saturated carbocycles. The molecule has 1 aromatic heterocycles. The first-order chi connectivity index (χ1) is 16.5. The summed E-state index contributed by atoms with van der Waals surface area (Å²) < 4.78 is 13.5. The molecule has 0 aliphatic carbocycles. The van der Waals surface area contributed by atoms with Crippen LogP contribution in [0.5, 0.6) is 0 Å². The van der Waals surface area contributed by atoms with Gasteiger partial charge in [0, 0.05) is 24.3 Å². The van der Waals surface area contributed by atoms with Crippen LogP contribution in [-0.4, -0.2) is 35.5 Å². The third kappa shape index (κ3) is 7.02. The van der Waals surface area contributed by atoms with Gasteiger partial charge in [0.2, 0.25) is 11.9 Å². The Balaban J connectivity index is 1.83. The molecule has 3 aromatic rings. The summed E-state index contributed by atoms with van der Waals surface area (Å²) in [6.07, 6.45) is 2.55. The Morgan fingerprint density at radius 2 is 1.91 bits per heavy atom. The number of benzene rings is 2. The standard InChI is InChI=1S/C26H29FN6O/c1-4-14-29-24-21(17-31-26(33-24)32-23-11-7-10-22(27)15-23)13-12-19-8-5-6-9-20(19)16-30-25(34)18(2)28-3/h5-11,15,17-18,28H,4,14,16H2,1-3H3,(H,30,34)(H2,29,31,32,33)/t18-/m0/s1. The second-order valence-corrected chi connectivity index (χ2v) is 7.65. The van der Waals surface area contributed by atoms with E-state index in [0.29, 0.717) is 29.6 Å². The molecule has 0 bridgehead atoms. The van der Waals surface area contributed by atoms with E-state index in [0.717, 1.165) is 24.1 Å². The zero-order valence-electron chi connectivity index (χ0n) is 19.6. The van der Waals surface area contributed by atoms with E-state index in [9.17, 15) is 9.18 Å².